The van der Waals surface area contributed by atoms with E-state index in [0.29, 0.717) is 5.56 Å². The Balaban J connectivity index is 3.53. The van der Waals surface area contributed by atoms with Crippen LogP contribution in [0.3, 0.4) is 0 Å². The highest BCUT2D eigenvalue weighted by Crippen LogP contribution is 2.24. The molecule has 0 radical (unpaired) electrons. The third-order valence-corrected chi connectivity index (χ3v) is 2.31. The molecule has 1 N–H and O–H groups in total. The fraction of sp³-hybridized carbons (Fsp3) is 0.111. The van der Waals surface area contributed by atoms with Gasteiger partial charge in [0.2, 0.25) is 0 Å². The summed E-state index contributed by atoms with van der Waals surface area (Å²) in [4.78, 5) is 10.8. The average Bonchev–Trinajstić information content (AvgIpc) is 2.16. The minimum atomic E-state index is -1.22. The highest BCUT2D eigenvalue weighted by molar-refractivity contribution is 6.34. The fourth-order valence-corrected chi connectivity index (χ4v) is 1.53. The van der Waals surface area contributed by atoms with Crippen molar-refractivity contribution < 1.29 is 9.90 Å². The lowest BCUT2D eigenvalue weighted by Crippen LogP contribution is -2.03. The number of nitrogens with zero attached hydrogens (tertiary/aromatic N) is 1. The fourth-order valence-electron chi connectivity index (χ4n) is 1.07. The molecule has 1 aromatic carbocycles. The number of carboxylic acids is 1. The summed E-state index contributed by atoms with van der Waals surface area (Å²) in [5.41, 5.74) is 0.309. The molecular weight excluding hydrogens is 225 g/mol. The summed E-state index contributed by atoms with van der Waals surface area (Å²) < 4.78 is 0. The molecule has 72 valence electrons. The van der Waals surface area contributed by atoms with Crippen molar-refractivity contribution >= 4 is 29.2 Å². The molecule has 0 atom stereocenters. The normalized spacial score (nSPS) is 9.50. The van der Waals surface area contributed by atoms with Crippen LogP contribution in [-0.4, -0.2) is 11.1 Å². The van der Waals surface area contributed by atoms with E-state index in [1.165, 1.54) is 6.07 Å². The second kappa shape index (κ2) is 4.32. The maximum atomic E-state index is 10.8. The monoisotopic (exact) mass is 229 g/mol. The number of benzene rings is 1. The first kappa shape index (κ1) is 10.8. The van der Waals surface area contributed by atoms with Crippen molar-refractivity contribution in [1.29, 1.82) is 5.26 Å². The summed E-state index contributed by atoms with van der Waals surface area (Å²) in [7, 11) is 0. The Morgan fingerprint density at radius 2 is 2.21 bits per heavy atom. The summed E-state index contributed by atoms with van der Waals surface area (Å²) in [6.07, 6.45) is 0. The Morgan fingerprint density at radius 3 is 2.64 bits per heavy atom. The van der Waals surface area contributed by atoms with Crippen molar-refractivity contribution in [1.82, 2.24) is 0 Å². The van der Waals surface area contributed by atoms with Crippen LogP contribution in [0.15, 0.2) is 12.1 Å². The molecular formula is C9H5Cl2NO2. The Kier molecular flexibility index (Phi) is 3.34. The van der Waals surface area contributed by atoms with E-state index in [2.05, 4.69) is 0 Å². The van der Waals surface area contributed by atoms with Gasteiger partial charge < -0.3 is 5.11 Å². The summed E-state index contributed by atoms with van der Waals surface area (Å²) in [5, 5.41) is 17.6. The number of hydrogen-bond acceptors (Lipinski definition) is 2. The van der Waals surface area contributed by atoms with Gasteiger partial charge in [0.05, 0.1) is 16.1 Å². The molecule has 1 rings (SSSR count). The van der Waals surface area contributed by atoms with Crippen molar-refractivity contribution in [3.63, 3.8) is 0 Å². The predicted octanol–water partition coefficient (Wildman–Crippen LogP) is 2.65. The van der Waals surface area contributed by atoms with Gasteiger partial charge in [-0.15, -0.1) is 11.6 Å². The minimum Gasteiger partial charge on any atom is -0.478 e. The van der Waals surface area contributed by atoms with E-state index in [1.54, 1.807) is 12.1 Å². The molecule has 0 aliphatic heterocycles. The molecule has 0 heterocycles. The molecule has 0 aromatic heterocycles. The van der Waals surface area contributed by atoms with Crippen LogP contribution in [0.5, 0.6) is 0 Å². The first-order valence-electron chi connectivity index (χ1n) is 3.62. The third-order valence-electron chi connectivity index (χ3n) is 1.71. The highest BCUT2D eigenvalue weighted by Gasteiger charge is 2.17. The molecule has 0 bridgehead atoms. The highest BCUT2D eigenvalue weighted by atomic mass is 35.5. The van der Waals surface area contributed by atoms with Crippen molar-refractivity contribution in [2.24, 2.45) is 0 Å². The summed E-state index contributed by atoms with van der Waals surface area (Å²) >= 11 is 11.2. The molecule has 1 aromatic rings. The second-order valence-corrected chi connectivity index (χ2v) is 3.18. The average molecular weight is 230 g/mol. The zero-order valence-corrected chi connectivity index (χ0v) is 8.43. The van der Waals surface area contributed by atoms with Crippen LogP contribution in [0.1, 0.15) is 21.5 Å². The lowest BCUT2D eigenvalue weighted by atomic mass is 10.0. The molecule has 14 heavy (non-hydrogen) atoms. The summed E-state index contributed by atoms with van der Waals surface area (Å²) in [6.45, 7) is 0. The summed E-state index contributed by atoms with van der Waals surface area (Å²) in [6, 6.07) is 4.75. The SMILES string of the molecule is N#Cc1c(CCl)ccc(Cl)c1C(=O)O. The molecule has 0 aliphatic carbocycles. The molecule has 0 aliphatic rings. The number of rotatable bonds is 2. The number of nitriles is 1. The molecule has 0 saturated carbocycles. The number of hydrogen-bond donors (Lipinski definition) is 1. The van der Waals surface area contributed by atoms with Crippen molar-refractivity contribution in [2.75, 3.05) is 0 Å². The Morgan fingerprint density at radius 1 is 1.57 bits per heavy atom. The van der Waals surface area contributed by atoms with Crippen LogP contribution in [0, 0.1) is 11.3 Å². The molecule has 0 amide bonds. The lowest BCUT2D eigenvalue weighted by molar-refractivity contribution is 0.0696. The quantitative estimate of drug-likeness (QED) is 0.794. The Labute approximate surface area is 90.5 Å². The Bertz CT molecular complexity index is 424. The van der Waals surface area contributed by atoms with Gasteiger partial charge in [0.15, 0.2) is 0 Å². The first-order chi connectivity index (χ1) is 6.61. The zero-order valence-electron chi connectivity index (χ0n) is 6.92. The van der Waals surface area contributed by atoms with Gasteiger partial charge in [-0.3, -0.25) is 0 Å². The van der Waals surface area contributed by atoms with Gasteiger partial charge in [-0.25, -0.2) is 4.79 Å². The number of halogens is 2. The smallest absolute Gasteiger partial charge is 0.338 e. The zero-order chi connectivity index (χ0) is 10.7. The van der Waals surface area contributed by atoms with Crippen LogP contribution in [0.4, 0.5) is 0 Å². The predicted molar refractivity (Wildman–Crippen MR) is 52.7 cm³/mol. The minimum absolute atomic E-state index is 0.0278. The molecule has 5 heteroatoms. The number of aromatic carboxylic acids is 1. The number of carbonyl (C=O) groups is 1. The van der Waals surface area contributed by atoms with E-state index in [1.807, 2.05) is 0 Å². The van der Waals surface area contributed by atoms with Crippen LogP contribution < -0.4 is 0 Å². The standard InChI is InChI=1S/C9H5Cl2NO2/c10-3-5-1-2-7(11)8(9(13)14)6(5)4-12/h1-2H,3H2,(H,13,14). The van der Waals surface area contributed by atoms with E-state index in [4.69, 9.17) is 33.6 Å². The van der Waals surface area contributed by atoms with Gasteiger partial charge >= 0.3 is 5.97 Å². The molecule has 3 nitrogen and oxygen atoms in total. The maximum absolute atomic E-state index is 10.8. The number of carboxylic acid groups (broad SMARTS) is 1. The van der Waals surface area contributed by atoms with Gasteiger partial charge in [0.25, 0.3) is 0 Å². The van der Waals surface area contributed by atoms with E-state index in [-0.39, 0.29) is 22.0 Å². The van der Waals surface area contributed by atoms with Crippen LogP contribution in [0.2, 0.25) is 5.02 Å². The number of alkyl halides is 1. The largest absolute Gasteiger partial charge is 0.478 e. The first-order valence-corrected chi connectivity index (χ1v) is 4.53. The van der Waals surface area contributed by atoms with Crippen molar-refractivity contribution in [3.05, 3.63) is 33.8 Å². The van der Waals surface area contributed by atoms with Crippen molar-refractivity contribution in [3.8, 4) is 6.07 Å². The van der Waals surface area contributed by atoms with Crippen LogP contribution >= 0.6 is 23.2 Å². The van der Waals surface area contributed by atoms with Gasteiger partial charge in [0, 0.05) is 5.88 Å². The van der Waals surface area contributed by atoms with Gasteiger partial charge in [-0.1, -0.05) is 17.7 Å². The molecule has 0 fully saturated rings. The van der Waals surface area contributed by atoms with Gasteiger partial charge in [0.1, 0.15) is 6.07 Å². The van der Waals surface area contributed by atoms with E-state index >= 15 is 0 Å². The summed E-state index contributed by atoms with van der Waals surface area (Å²) in [5.74, 6) is -1.14. The van der Waals surface area contributed by atoms with E-state index in [0.717, 1.165) is 0 Å². The van der Waals surface area contributed by atoms with Crippen molar-refractivity contribution in [2.45, 2.75) is 5.88 Å². The molecule has 0 saturated heterocycles. The topological polar surface area (TPSA) is 61.1 Å². The van der Waals surface area contributed by atoms with E-state index < -0.39 is 5.97 Å². The second-order valence-electron chi connectivity index (χ2n) is 2.51. The Hall–Kier alpha value is -1.24. The lowest BCUT2D eigenvalue weighted by Gasteiger charge is -2.05. The van der Waals surface area contributed by atoms with Crippen LogP contribution in [-0.2, 0) is 5.88 Å². The molecule has 0 spiro atoms. The third kappa shape index (κ3) is 1.82. The van der Waals surface area contributed by atoms with Gasteiger partial charge in [-0.05, 0) is 11.6 Å². The van der Waals surface area contributed by atoms with Gasteiger partial charge in [-0.2, -0.15) is 5.26 Å². The van der Waals surface area contributed by atoms with E-state index in [9.17, 15) is 4.79 Å². The van der Waals surface area contributed by atoms with Crippen LogP contribution in [0.25, 0.3) is 0 Å². The maximum Gasteiger partial charge on any atom is 0.338 e. The molecule has 0 unspecified atom stereocenters.